The van der Waals surface area contributed by atoms with Crippen molar-refractivity contribution < 1.29 is 17.9 Å². The van der Waals surface area contributed by atoms with Gasteiger partial charge < -0.3 is 14.0 Å². The molecular weight excluding hydrogens is 414 g/mol. The van der Waals surface area contributed by atoms with E-state index in [2.05, 4.69) is 23.6 Å². The molecular formula is C23H29N3O4S. The number of aryl methyl sites for hydroxylation is 1. The summed E-state index contributed by atoms with van der Waals surface area (Å²) in [6.45, 7) is 4.23. The van der Waals surface area contributed by atoms with Crippen LogP contribution in [0.1, 0.15) is 49.2 Å². The number of nitrogens with one attached hydrogen (secondary N) is 1. The van der Waals surface area contributed by atoms with E-state index in [-0.39, 0.29) is 4.90 Å². The largest absolute Gasteiger partial charge is 0.497 e. The van der Waals surface area contributed by atoms with Crippen LogP contribution in [-0.2, 0) is 17.1 Å². The van der Waals surface area contributed by atoms with E-state index < -0.39 is 16.1 Å². The molecule has 2 aromatic carbocycles. The van der Waals surface area contributed by atoms with Gasteiger partial charge in [-0.25, -0.2) is 13.4 Å². The molecule has 0 unspecified atom stereocenters. The average Bonchev–Trinajstić information content (AvgIpc) is 3.22. The van der Waals surface area contributed by atoms with Crippen molar-refractivity contribution in [3.8, 4) is 11.5 Å². The van der Waals surface area contributed by atoms with E-state index >= 15 is 0 Å². The fourth-order valence-electron chi connectivity index (χ4n) is 3.36. The van der Waals surface area contributed by atoms with Crippen molar-refractivity contribution in [2.24, 2.45) is 7.05 Å². The number of imidazole rings is 1. The van der Waals surface area contributed by atoms with Crippen molar-refractivity contribution in [1.29, 1.82) is 0 Å². The van der Waals surface area contributed by atoms with E-state index in [1.807, 2.05) is 19.2 Å². The van der Waals surface area contributed by atoms with Gasteiger partial charge in [-0.05, 0) is 47.7 Å². The second-order valence-electron chi connectivity index (χ2n) is 7.47. The smallest absolute Gasteiger partial charge is 0.241 e. The Labute approximate surface area is 184 Å². The number of rotatable bonds is 9. The minimum atomic E-state index is -3.82. The van der Waals surface area contributed by atoms with Gasteiger partial charge >= 0.3 is 0 Å². The van der Waals surface area contributed by atoms with Gasteiger partial charge in [-0.1, -0.05) is 26.0 Å². The number of aromatic nitrogens is 2. The molecule has 31 heavy (non-hydrogen) atoms. The highest BCUT2D eigenvalue weighted by Gasteiger charge is 2.27. The van der Waals surface area contributed by atoms with Crippen molar-refractivity contribution >= 4 is 10.0 Å². The van der Waals surface area contributed by atoms with Crippen molar-refractivity contribution in [2.45, 2.75) is 37.1 Å². The van der Waals surface area contributed by atoms with Crippen LogP contribution >= 0.6 is 0 Å². The number of methoxy groups -OCH3 is 2. The Morgan fingerprint density at radius 1 is 1.03 bits per heavy atom. The summed E-state index contributed by atoms with van der Waals surface area (Å²) in [5, 5.41) is 0. The highest BCUT2D eigenvalue weighted by Crippen LogP contribution is 2.31. The molecule has 0 aliphatic rings. The lowest BCUT2D eigenvalue weighted by molar-refractivity contribution is 0.392. The maximum Gasteiger partial charge on any atom is 0.241 e. The Balaban J connectivity index is 2.03. The first-order valence-electron chi connectivity index (χ1n) is 10.1. The molecule has 0 fully saturated rings. The van der Waals surface area contributed by atoms with Gasteiger partial charge in [-0.3, -0.25) is 0 Å². The fraction of sp³-hybridized carbons (Fsp3) is 0.348. The van der Waals surface area contributed by atoms with E-state index in [1.165, 1.54) is 0 Å². The number of hydrogen-bond acceptors (Lipinski definition) is 5. The van der Waals surface area contributed by atoms with Gasteiger partial charge in [0.2, 0.25) is 10.0 Å². The zero-order valence-electron chi connectivity index (χ0n) is 18.5. The average molecular weight is 444 g/mol. The summed E-state index contributed by atoms with van der Waals surface area (Å²) in [4.78, 5) is 4.59. The third kappa shape index (κ3) is 5.08. The van der Waals surface area contributed by atoms with E-state index in [0.29, 0.717) is 28.8 Å². The lowest BCUT2D eigenvalue weighted by Crippen LogP contribution is -2.31. The van der Waals surface area contributed by atoms with Gasteiger partial charge in [0.25, 0.3) is 0 Å². The second-order valence-corrected chi connectivity index (χ2v) is 9.19. The van der Waals surface area contributed by atoms with E-state index in [9.17, 15) is 8.42 Å². The van der Waals surface area contributed by atoms with Crippen LogP contribution in [0.2, 0.25) is 0 Å². The van der Waals surface area contributed by atoms with Crippen LogP contribution in [0.3, 0.4) is 0 Å². The summed E-state index contributed by atoms with van der Waals surface area (Å²) in [6, 6.07) is 11.6. The summed E-state index contributed by atoms with van der Waals surface area (Å²) in [6.07, 6.45) is 4.40. The SMILES string of the molecule is CC[C@@H](C)c1ccc(S(=O)(=O)N[C@@H](c2cc(OC)cc(OC)c2)c2nccn2C)cc1. The first kappa shape index (κ1) is 22.8. The predicted octanol–water partition coefficient (Wildman–Crippen LogP) is 4.02. The normalized spacial score (nSPS) is 13.6. The molecule has 0 aliphatic heterocycles. The highest BCUT2D eigenvalue weighted by molar-refractivity contribution is 7.89. The predicted molar refractivity (Wildman–Crippen MR) is 120 cm³/mol. The van der Waals surface area contributed by atoms with Gasteiger partial charge in [-0.2, -0.15) is 4.72 Å². The molecule has 1 N–H and O–H groups in total. The zero-order chi connectivity index (χ0) is 22.6. The lowest BCUT2D eigenvalue weighted by atomic mass is 9.99. The Hall–Kier alpha value is -2.84. The fourth-order valence-corrected chi connectivity index (χ4v) is 4.54. The van der Waals surface area contributed by atoms with E-state index in [0.717, 1.165) is 12.0 Å². The topological polar surface area (TPSA) is 82.5 Å². The standard InChI is InChI=1S/C23H29N3O4S/c1-6-16(2)17-7-9-21(10-8-17)31(27,28)25-22(23-24-11-12-26(23)3)18-13-19(29-4)15-20(14-18)30-5/h7-16,22,25H,6H2,1-5H3/t16-,22+/m1/s1. The van der Waals surface area contributed by atoms with E-state index in [4.69, 9.17) is 9.47 Å². The molecule has 7 nitrogen and oxygen atoms in total. The molecule has 8 heteroatoms. The van der Waals surface area contributed by atoms with Crippen LogP contribution in [0.25, 0.3) is 0 Å². The van der Waals surface area contributed by atoms with Gasteiger partial charge in [0.15, 0.2) is 0 Å². The molecule has 3 aromatic rings. The quantitative estimate of drug-likeness (QED) is 0.540. The minimum absolute atomic E-state index is 0.202. The summed E-state index contributed by atoms with van der Waals surface area (Å²) < 4.78 is 41.9. The highest BCUT2D eigenvalue weighted by atomic mass is 32.2. The zero-order valence-corrected chi connectivity index (χ0v) is 19.3. The number of benzene rings is 2. The van der Waals surface area contributed by atoms with Crippen LogP contribution in [0.4, 0.5) is 0 Å². The third-order valence-corrected chi connectivity index (χ3v) is 6.91. The molecule has 2 atom stereocenters. The Bertz CT molecular complexity index is 1100. The van der Waals surface area contributed by atoms with Crippen molar-refractivity contribution in [2.75, 3.05) is 14.2 Å². The van der Waals surface area contributed by atoms with Crippen molar-refractivity contribution in [3.63, 3.8) is 0 Å². The second kappa shape index (κ2) is 9.53. The van der Waals surface area contributed by atoms with Crippen LogP contribution in [0, 0.1) is 0 Å². The number of hydrogen-bond donors (Lipinski definition) is 1. The molecule has 3 rings (SSSR count). The summed E-state index contributed by atoms with van der Waals surface area (Å²) >= 11 is 0. The number of sulfonamides is 1. The maximum absolute atomic E-state index is 13.3. The first-order valence-corrected chi connectivity index (χ1v) is 11.6. The minimum Gasteiger partial charge on any atom is -0.497 e. The Morgan fingerprint density at radius 3 is 2.13 bits per heavy atom. The molecule has 0 saturated carbocycles. The lowest BCUT2D eigenvalue weighted by Gasteiger charge is -2.21. The summed E-state index contributed by atoms with van der Waals surface area (Å²) in [5.74, 6) is 2.04. The van der Waals surface area contributed by atoms with Crippen LogP contribution in [-0.4, -0.2) is 32.2 Å². The number of nitrogens with zero attached hydrogens (tertiary/aromatic N) is 2. The first-order chi connectivity index (χ1) is 14.8. The maximum atomic E-state index is 13.3. The summed E-state index contributed by atoms with van der Waals surface area (Å²) in [7, 11) is 1.10. The molecule has 0 amide bonds. The van der Waals surface area contributed by atoms with Crippen LogP contribution < -0.4 is 14.2 Å². The summed E-state index contributed by atoms with van der Waals surface area (Å²) in [5.41, 5.74) is 1.77. The van der Waals surface area contributed by atoms with Crippen LogP contribution in [0.5, 0.6) is 11.5 Å². The molecule has 1 aromatic heterocycles. The molecule has 166 valence electrons. The third-order valence-electron chi connectivity index (χ3n) is 5.47. The molecule has 0 bridgehead atoms. The van der Waals surface area contributed by atoms with Gasteiger partial charge in [-0.15, -0.1) is 0 Å². The van der Waals surface area contributed by atoms with E-state index in [1.54, 1.807) is 61.5 Å². The molecule has 0 spiro atoms. The molecule has 0 radical (unpaired) electrons. The van der Waals surface area contributed by atoms with Gasteiger partial charge in [0.1, 0.15) is 23.4 Å². The Kier molecular flexibility index (Phi) is 7.02. The monoisotopic (exact) mass is 443 g/mol. The Morgan fingerprint density at radius 2 is 1.65 bits per heavy atom. The molecule has 1 heterocycles. The van der Waals surface area contributed by atoms with Gasteiger partial charge in [0.05, 0.1) is 19.1 Å². The molecule has 0 aliphatic carbocycles. The van der Waals surface area contributed by atoms with Crippen LogP contribution in [0.15, 0.2) is 59.8 Å². The molecule has 0 saturated heterocycles. The van der Waals surface area contributed by atoms with Gasteiger partial charge in [0, 0.05) is 25.5 Å². The van der Waals surface area contributed by atoms with Crippen molar-refractivity contribution in [1.82, 2.24) is 14.3 Å². The number of ether oxygens (including phenoxy) is 2. The van der Waals surface area contributed by atoms with Crippen molar-refractivity contribution in [3.05, 3.63) is 71.8 Å².